The molecule has 1 N–H and O–H groups in total. The van der Waals surface area contributed by atoms with E-state index in [9.17, 15) is 13.2 Å². The van der Waals surface area contributed by atoms with Crippen LogP contribution in [0.2, 0.25) is 0 Å². The Bertz CT molecular complexity index is 535. The van der Waals surface area contributed by atoms with Gasteiger partial charge in [0.05, 0.1) is 7.11 Å². The number of carbonyl (C=O) groups excluding carboxylic acids is 1. The highest BCUT2D eigenvalue weighted by Gasteiger charge is 2.24. The summed E-state index contributed by atoms with van der Waals surface area (Å²) in [4.78, 5) is 11.2. The second-order valence-corrected chi connectivity index (χ2v) is 6.13. The van der Waals surface area contributed by atoms with Gasteiger partial charge in [-0.25, -0.2) is 17.9 Å². The minimum absolute atomic E-state index is 0.0279. The number of hydrogen-bond donors (Lipinski definition) is 1. The summed E-state index contributed by atoms with van der Waals surface area (Å²) in [6.07, 6.45) is 0. The number of hydrogen-bond acceptors (Lipinski definition) is 5. The molecule has 17 heavy (non-hydrogen) atoms. The summed E-state index contributed by atoms with van der Waals surface area (Å²) in [6, 6.07) is 1.33. The van der Waals surface area contributed by atoms with Gasteiger partial charge in [0.1, 0.15) is 9.77 Å². The van der Waals surface area contributed by atoms with Crippen molar-refractivity contribution in [2.75, 3.05) is 13.7 Å². The van der Waals surface area contributed by atoms with Crippen LogP contribution in [0.25, 0.3) is 0 Å². The third-order valence-corrected chi connectivity index (χ3v) is 4.34. The smallest absolute Gasteiger partial charge is 0.349 e. The predicted molar refractivity (Wildman–Crippen MR) is 65.8 cm³/mol. The van der Waals surface area contributed by atoms with E-state index in [1.807, 2.05) is 0 Å². The van der Waals surface area contributed by atoms with Crippen LogP contribution in [0.4, 0.5) is 0 Å². The number of halogens is 1. The molecule has 0 radical (unpaired) electrons. The number of methoxy groups -OCH3 is 1. The quantitative estimate of drug-likeness (QED) is 0.837. The molecule has 1 rings (SSSR count). The van der Waals surface area contributed by atoms with Gasteiger partial charge in [0.25, 0.3) is 0 Å². The van der Waals surface area contributed by atoms with E-state index in [1.54, 1.807) is 0 Å². The van der Waals surface area contributed by atoms with Crippen molar-refractivity contribution in [1.29, 1.82) is 0 Å². The SMILES string of the molecule is C=C(Cl)CNS(=O)(=O)c1ccsc1C(=O)OC. The summed E-state index contributed by atoms with van der Waals surface area (Å²) in [6.45, 7) is 3.27. The average molecular weight is 296 g/mol. The zero-order valence-corrected chi connectivity index (χ0v) is 11.3. The normalized spacial score (nSPS) is 11.2. The van der Waals surface area contributed by atoms with Crippen LogP contribution in [0.1, 0.15) is 9.67 Å². The molecule has 0 saturated carbocycles. The van der Waals surface area contributed by atoms with Crippen molar-refractivity contribution < 1.29 is 17.9 Å². The molecule has 1 aromatic rings. The van der Waals surface area contributed by atoms with Gasteiger partial charge >= 0.3 is 5.97 Å². The lowest BCUT2D eigenvalue weighted by Crippen LogP contribution is -2.25. The second kappa shape index (κ2) is 5.63. The van der Waals surface area contributed by atoms with Gasteiger partial charge in [-0.1, -0.05) is 18.2 Å². The third-order valence-electron chi connectivity index (χ3n) is 1.74. The van der Waals surface area contributed by atoms with E-state index < -0.39 is 16.0 Å². The molecule has 0 unspecified atom stereocenters. The Labute approximate surface area is 108 Å². The molecule has 0 saturated heterocycles. The molecular weight excluding hydrogens is 286 g/mol. The molecule has 0 amide bonds. The van der Waals surface area contributed by atoms with Crippen molar-refractivity contribution in [3.05, 3.63) is 27.9 Å². The minimum Gasteiger partial charge on any atom is -0.465 e. The van der Waals surface area contributed by atoms with E-state index in [1.165, 1.54) is 18.6 Å². The molecule has 1 aromatic heterocycles. The Balaban J connectivity index is 3.03. The molecule has 94 valence electrons. The fourth-order valence-corrected chi connectivity index (χ4v) is 3.51. The summed E-state index contributed by atoms with van der Waals surface area (Å²) in [5, 5.41) is 1.65. The summed E-state index contributed by atoms with van der Waals surface area (Å²) in [5.74, 6) is -0.690. The Morgan fingerprint density at radius 1 is 1.65 bits per heavy atom. The fraction of sp³-hybridized carbons (Fsp3) is 0.222. The molecule has 1 heterocycles. The van der Waals surface area contributed by atoms with Gasteiger partial charge in [-0.05, 0) is 11.4 Å². The lowest BCUT2D eigenvalue weighted by Gasteiger charge is -2.05. The molecular formula is C9H10ClNO4S2. The van der Waals surface area contributed by atoms with E-state index in [0.717, 1.165) is 11.3 Å². The van der Waals surface area contributed by atoms with E-state index >= 15 is 0 Å². The van der Waals surface area contributed by atoms with Crippen LogP contribution < -0.4 is 4.72 Å². The number of nitrogens with one attached hydrogen (secondary N) is 1. The molecule has 0 bridgehead atoms. The molecule has 0 aliphatic heterocycles. The largest absolute Gasteiger partial charge is 0.465 e. The summed E-state index contributed by atoms with van der Waals surface area (Å²) < 4.78 is 30.4. The van der Waals surface area contributed by atoms with Crippen molar-refractivity contribution in [3.8, 4) is 0 Å². The van der Waals surface area contributed by atoms with E-state index in [4.69, 9.17) is 11.6 Å². The number of ether oxygens (including phenoxy) is 1. The van der Waals surface area contributed by atoms with Crippen LogP contribution >= 0.6 is 22.9 Å². The van der Waals surface area contributed by atoms with Gasteiger partial charge in [0.2, 0.25) is 10.0 Å². The van der Waals surface area contributed by atoms with Crippen molar-refractivity contribution in [3.63, 3.8) is 0 Å². The first-order valence-electron chi connectivity index (χ1n) is 4.37. The van der Waals surface area contributed by atoms with Crippen molar-refractivity contribution in [1.82, 2.24) is 4.72 Å². The molecule has 0 aromatic carbocycles. The van der Waals surface area contributed by atoms with Crippen LogP contribution in [-0.2, 0) is 14.8 Å². The number of esters is 1. The van der Waals surface area contributed by atoms with Crippen molar-refractivity contribution in [2.45, 2.75) is 4.90 Å². The lowest BCUT2D eigenvalue weighted by atomic mass is 10.5. The first-order chi connectivity index (χ1) is 7.88. The highest BCUT2D eigenvalue weighted by atomic mass is 35.5. The average Bonchev–Trinajstić information content (AvgIpc) is 2.75. The highest BCUT2D eigenvalue weighted by Crippen LogP contribution is 2.22. The topological polar surface area (TPSA) is 72.5 Å². The van der Waals surface area contributed by atoms with E-state index in [0.29, 0.717) is 0 Å². The Morgan fingerprint density at radius 2 is 2.29 bits per heavy atom. The minimum atomic E-state index is -3.78. The Morgan fingerprint density at radius 3 is 2.82 bits per heavy atom. The number of thiophene rings is 1. The fourth-order valence-electron chi connectivity index (χ4n) is 1.00. The molecule has 0 aliphatic rings. The summed E-state index contributed by atoms with van der Waals surface area (Å²) in [7, 11) is -2.60. The maximum absolute atomic E-state index is 11.8. The van der Waals surface area contributed by atoms with Gasteiger partial charge in [0.15, 0.2) is 0 Å². The summed E-state index contributed by atoms with van der Waals surface area (Å²) >= 11 is 6.46. The van der Waals surface area contributed by atoms with Gasteiger partial charge in [-0.3, -0.25) is 0 Å². The van der Waals surface area contributed by atoms with Crippen LogP contribution in [0, 0.1) is 0 Å². The second-order valence-electron chi connectivity index (χ2n) is 2.95. The highest BCUT2D eigenvalue weighted by molar-refractivity contribution is 7.89. The first kappa shape index (κ1) is 14.2. The van der Waals surface area contributed by atoms with Crippen LogP contribution in [0.5, 0.6) is 0 Å². The van der Waals surface area contributed by atoms with E-state index in [-0.39, 0.29) is 21.3 Å². The zero-order valence-electron chi connectivity index (χ0n) is 8.90. The Kier molecular flexibility index (Phi) is 4.70. The number of rotatable bonds is 5. The summed E-state index contributed by atoms with van der Waals surface area (Å²) in [5.41, 5.74) is 0. The first-order valence-corrected chi connectivity index (χ1v) is 7.11. The van der Waals surface area contributed by atoms with Gasteiger partial charge in [0, 0.05) is 11.6 Å². The molecule has 0 aliphatic carbocycles. The van der Waals surface area contributed by atoms with E-state index in [2.05, 4.69) is 16.0 Å². The predicted octanol–water partition coefficient (Wildman–Crippen LogP) is 1.57. The maximum Gasteiger partial charge on any atom is 0.349 e. The molecule has 5 nitrogen and oxygen atoms in total. The molecule has 0 spiro atoms. The van der Waals surface area contributed by atoms with Crippen molar-refractivity contribution >= 4 is 38.9 Å². The van der Waals surface area contributed by atoms with Crippen molar-refractivity contribution in [2.24, 2.45) is 0 Å². The molecule has 8 heteroatoms. The number of sulfonamides is 1. The third kappa shape index (κ3) is 3.53. The van der Waals surface area contributed by atoms with Gasteiger partial charge in [-0.15, -0.1) is 11.3 Å². The monoisotopic (exact) mass is 295 g/mol. The Hall–Kier alpha value is -0.890. The standard InChI is InChI=1S/C9H10ClNO4S2/c1-6(10)5-11-17(13,14)7-3-4-16-8(7)9(12)15-2/h3-4,11H,1,5H2,2H3. The lowest BCUT2D eigenvalue weighted by molar-refractivity contribution is 0.0602. The maximum atomic E-state index is 11.8. The van der Waals surface area contributed by atoms with Gasteiger partial charge < -0.3 is 4.74 Å². The van der Waals surface area contributed by atoms with Crippen LogP contribution in [-0.4, -0.2) is 28.0 Å². The van der Waals surface area contributed by atoms with Crippen LogP contribution in [0.15, 0.2) is 28.0 Å². The van der Waals surface area contributed by atoms with Gasteiger partial charge in [-0.2, -0.15) is 0 Å². The number of carbonyl (C=O) groups is 1. The molecule has 0 atom stereocenters. The van der Waals surface area contributed by atoms with Crippen LogP contribution in [0.3, 0.4) is 0 Å². The zero-order chi connectivity index (χ0) is 13.1. The molecule has 0 fully saturated rings.